The fraction of sp³-hybridized carbons (Fsp3) is 0.513. The van der Waals surface area contributed by atoms with E-state index in [0.29, 0.717) is 23.5 Å². The summed E-state index contributed by atoms with van der Waals surface area (Å²) in [5, 5.41) is 21.8. The maximum atomic E-state index is 13.5. The van der Waals surface area contributed by atoms with Gasteiger partial charge in [0, 0.05) is 68.9 Å². The zero-order chi connectivity index (χ0) is 35.8. The quantitative estimate of drug-likeness (QED) is 0.300. The molecule has 264 valence electrons. The number of piperazine rings is 1. The van der Waals surface area contributed by atoms with Gasteiger partial charge in [0.1, 0.15) is 17.2 Å². The largest absolute Gasteiger partial charge is 0.487 e. The summed E-state index contributed by atoms with van der Waals surface area (Å²) in [6, 6.07) is 14.1. The average Bonchev–Trinajstić information content (AvgIpc) is 3.09. The average molecular weight is 680 g/mol. The van der Waals surface area contributed by atoms with Crippen LogP contribution < -0.4 is 19.9 Å². The van der Waals surface area contributed by atoms with Gasteiger partial charge in [0.15, 0.2) is 5.69 Å². The second-order valence-electron chi connectivity index (χ2n) is 15.3. The number of aromatic carboxylic acids is 1. The lowest BCUT2D eigenvalue weighted by atomic mass is 9.48. The Balaban J connectivity index is 0.966. The summed E-state index contributed by atoms with van der Waals surface area (Å²) in [5.74, 6) is 0.975. The number of nitrogens with zero attached hydrogens (tertiary/aromatic N) is 6. The maximum absolute atomic E-state index is 13.5. The Hall–Kier alpha value is -4.69. The first-order valence-electron chi connectivity index (χ1n) is 17.6. The number of benzene rings is 2. The third kappa shape index (κ3) is 6.73. The summed E-state index contributed by atoms with van der Waals surface area (Å²) in [6.07, 6.45) is 5.79. The van der Waals surface area contributed by atoms with E-state index in [9.17, 15) is 14.9 Å². The van der Waals surface area contributed by atoms with Crippen molar-refractivity contribution in [3.8, 4) is 11.8 Å². The molecule has 3 fully saturated rings. The molecule has 2 aromatic carbocycles. The maximum Gasteiger partial charge on any atom is 0.356 e. The van der Waals surface area contributed by atoms with Gasteiger partial charge in [-0.3, -0.25) is 9.69 Å². The van der Waals surface area contributed by atoms with Crippen molar-refractivity contribution in [3.63, 3.8) is 0 Å². The fourth-order valence-corrected chi connectivity index (χ4v) is 8.02. The lowest BCUT2D eigenvalue weighted by Crippen LogP contribution is -2.77. The highest BCUT2D eigenvalue weighted by atomic mass is 16.5. The Morgan fingerprint density at radius 1 is 0.940 bits per heavy atom. The molecule has 2 aliphatic heterocycles. The van der Waals surface area contributed by atoms with Crippen LogP contribution in [0.2, 0.25) is 0 Å². The molecule has 3 aromatic rings. The van der Waals surface area contributed by atoms with Crippen LogP contribution in [-0.4, -0.2) is 88.8 Å². The van der Waals surface area contributed by atoms with E-state index in [1.165, 1.54) is 6.20 Å². The molecule has 0 spiro atoms. The number of piperidine rings is 1. The van der Waals surface area contributed by atoms with Crippen LogP contribution in [0.1, 0.15) is 84.5 Å². The van der Waals surface area contributed by atoms with Crippen LogP contribution in [0, 0.1) is 36.5 Å². The van der Waals surface area contributed by atoms with E-state index in [1.54, 1.807) is 6.20 Å². The van der Waals surface area contributed by atoms with Crippen molar-refractivity contribution < 1.29 is 19.4 Å². The summed E-state index contributed by atoms with van der Waals surface area (Å²) in [4.78, 5) is 40.0. The van der Waals surface area contributed by atoms with Crippen LogP contribution in [-0.2, 0) is 0 Å². The molecule has 1 amide bonds. The lowest BCUT2D eigenvalue weighted by molar-refractivity contribution is -0.180. The fourth-order valence-electron chi connectivity index (χ4n) is 8.02. The van der Waals surface area contributed by atoms with Crippen molar-refractivity contribution in [3.05, 3.63) is 76.7 Å². The van der Waals surface area contributed by atoms with Gasteiger partial charge < -0.3 is 25.0 Å². The number of carbonyl (C=O) groups excluding carboxylic acids is 1. The Kier molecular flexibility index (Phi) is 9.53. The molecule has 50 heavy (non-hydrogen) atoms. The minimum Gasteiger partial charge on any atom is -0.487 e. The second-order valence-corrected chi connectivity index (χ2v) is 15.3. The van der Waals surface area contributed by atoms with Crippen molar-refractivity contribution in [1.29, 1.82) is 5.26 Å². The van der Waals surface area contributed by atoms with Crippen molar-refractivity contribution in [2.75, 3.05) is 55.6 Å². The lowest BCUT2D eigenvalue weighted by Gasteiger charge is -2.65. The van der Waals surface area contributed by atoms with E-state index in [1.807, 2.05) is 38.1 Å². The Morgan fingerprint density at radius 3 is 2.12 bits per heavy atom. The predicted molar refractivity (Wildman–Crippen MR) is 193 cm³/mol. The highest BCUT2D eigenvalue weighted by Crippen LogP contribution is 2.58. The highest BCUT2D eigenvalue weighted by molar-refractivity contribution is 5.95. The minimum absolute atomic E-state index is 0.0371. The van der Waals surface area contributed by atoms with Crippen LogP contribution in [0.5, 0.6) is 5.75 Å². The smallest absolute Gasteiger partial charge is 0.356 e. The monoisotopic (exact) mass is 679 g/mol. The summed E-state index contributed by atoms with van der Waals surface area (Å²) in [6.45, 7) is 19.0. The number of aromatic nitrogens is 2. The molecular formula is C39H49N7O4. The zero-order valence-corrected chi connectivity index (χ0v) is 30.1. The molecule has 11 nitrogen and oxygen atoms in total. The van der Waals surface area contributed by atoms with E-state index in [4.69, 9.17) is 9.84 Å². The molecule has 3 aliphatic rings. The number of hydrogen-bond acceptors (Lipinski definition) is 9. The molecule has 1 saturated carbocycles. The number of carbonyl (C=O) groups is 2. The summed E-state index contributed by atoms with van der Waals surface area (Å²) in [7, 11) is 0. The number of rotatable bonds is 9. The van der Waals surface area contributed by atoms with Gasteiger partial charge >= 0.3 is 5.97 Å². The third-order valence-electron chi connectivity index (χ3n) is 11.9. The standard InChI is InChI=1S/C39H49N7O4/c1-26-19-31(20-27(2)32(26)21-40)50-39(6)25-38(5,37(39,3)4)43-35(47)29-7-9-30(10-8-29)45-13-11-28(12-14-45)24-44-15-17-46(18-16-44)34-23-41-33(22-42-34)36(48)49/h7-10,19-20,22-23,28H,11-18,24-25H2,1-6H3,(H,43,47)(H,48,49). The SMILES string of the molecule is Cc1cc(OC2(C)CC(C)(NC(=O)c3ccc(N4CCC(CN5CCN(c6cnc(C(=O)O)cn6)CC5)CC4)cc3)C2(C)C)cc(C)c1C#N. The predicted octanol–water partition coefficient (Wildman–Crippen LogP) is 5.46. The first kappa shape index (κ1) is 35.1. The van der Waals surface area contributed by atoms with E-state index >= 15 is 0 Å². The van der Waals surface area contributed by atoms with Crippen LogP contribution in [0.4, 0.5) is 11.5 Å². The van der Waals surface area contributed by atoms with Crippen LogP contribution in [0.3, 0.4) is 0 Å². The highest BCUT2D eigenvalue weighted by Gasteiger charge is 2.67. The van der Waals surface area contributed by atoms with E-state index in [0.717, 1.165) is 87.0 Å². The van der Waals surface area contributed by atoms with E-state index in [2.05, 4.69) is 75.9 Å². The van der Waals surface area contributed by atoms with Gasteiger partial charge in [-0.1, -0.05) is 13.8 Å². The molecule has 1 aliphatic carbocycles. The molecule has 11 heteroatoms. The molecule has 0 radical (unpaired) electrons. The molecule has 0 bridgehead atoms. The molecule has 2 atom stereocenters. The van der Waals surface area contributed by atoms with E-state index < -0.39 is 17.1 Å². The van der Waals surface area contributed by atoms with Crippen LogP contribution in [0.25, 0.3) is 0 Å². The zero-order valence-electron chi connectivity index (χ0n) is 30.1. The Bertz CT molecular complexity index is 1750. The van der Waals surface area contributed by atoms with Crippen molar-refractivity contribution in [2.24, 2.45) is 11.3 Å². The van der Waals surface area contributed by atoms with Gasteiger partial charge in [-0.2, -0.15) is 5.26 Å². The van der Waals surface area contributed by atoms with Gasteiger partial charge in [-0.25, -0.2) is 14.8 Å². The van der Waals surface area contributed by atoms with Gasteiger partial charge in [-0.15, -0.1) is 0 Å². The number of hydrogen-bond donors (Lipinski definition) is 2. The van der Waals surface area contributed by atoms with Crippen molar-refractivity contribution in [2.45, 2.75) is 71.9 Å². The van der Waals surface area contributed by atoms with Crippen molar-refractivity contribution in [1.82, 2.24) is 20.2 Å². The first-order chi connectivity index (χ1) is 23.7. The Labute approximate surface area is 295 Å². The topological polar surface area (TPSA) is 135 Å². The minimum atomic E-state index is -1.06. The second kappa shape index (κ2) is 13.6. The molecule has 2 unspecified atom stereocenters. The number of amides is 1. The Morgan fingerprint density at radius 2 is 1.58 bits per heavy atom. The van der Waals surface area contributed by atoms with E-state index in [-0.39, 0.29) is 17.0 Å². The number of nitriles is 1. The van der Waals surface area contributed by atoms with Gasteiger partial charge in [0.25, 0.3) is 5.91 Å². The van der Waals surface area contributed by atoms with Crippen LogP contribution >= 0.6 is 0 Å². The number of carboxylic acids is 1. The normalized spacial score (nSPS) is 23.9. The van der Waals surface area contributed by atoms with Gasteiger partial charge in [0.2, 0.25) is 0 Å². The number of aryl methyl sites for hydroxylation is 2. The summed E-state index contributed by atoms with van der Waals surface area (Å²) in [5.41, 5.74) is 2.96. The third-order valence-corrected chi connectivity index (χ3v) is 11.9. The summed E-state index contributed by atoms with van der Waals surface area (Å²) < 4.78 is 6.57. The van der Waals surface area contributed by atoms with Gasteiger partial charge in [-0.05, 0) is 94.0 Å². The molecule has 3 heterocycles. The molecule has 1 aromatic heterocycles. The number of nitrogens with one attached hydrogen (secondary N) is 1. The number of anilines is 2. The van der Waals surface area contributed by atoms with Crippen LogP contribution in [0.15, 0.2) is 48.8 Å². The first-order valence-corrected chi connectivity index (χ1v) is 17.6. The molecule has 2 N–H and O–H groups in total. The number of ether oxygens (including phenoxy) is 1. The van der Waals surface area contributed by atoms with Crippen molar-refractivity contribution >= 4 is 23.4 Å². The number of carboxylic acid groups (broad SMARTS) is 1. The summed E-state index contributed by atoms with van der Waals surface area (Å²) >= 11 is 0. The molecular weight excluding hydrogens is 630 g/mol. The van der Waals surface area contributed by atoms with Gasteiger partial charge in [0.05, 0.1) is 29.6 Å². The molecule has 2 saturated heterocycles. The molecule has 6 rings (SSSR count).